The smallest absolute Gasteiger partial charge is 0.264 e. The molecule has 2 aromatic carbocycles. The molecule has 0 fully saturated rings. The molecule has 0 aliphatic rings. The molecule has 0 atom stereocenters. The lowest BCUT2D eigenvalue weighted by molar-refractivity contribution is -0.831. The first-order chi connectivity index (χ1) is 9.34. The molecule has 4 nitrogen and oxygen atoms in total. The number of hydrogen-bond donors (Lipinski definition) is 0. The maximum Gasteiger partial charge on any atom is 0.264 e. The van der Waals surface area contributed by atoms with Crippen molar-refractivity contribution in [2.45, 2.75) is 9.92 Å². The van der Waals surface area contributed by atoms with E-state index < -0.39 is 0 Å². The summed E-state index contributed by atoms with van der Waals surface area (Å²) in [6.07, 6.45) is 0. The van der Waals surface area contributed by atoms with Gasteiger partial charge in [-0.05, 0) is 28.8 Å². The van der Waals surface area contributed by atoms with Crippen molar-refractivity contribution >= 4 is 11.8 Å². The van der Waals surface area contributed by atoms with Crippen LogP contribution in [0.25, 0.3) is 11.3 Å². The van der Waals surface area contributed by atoms with Crippen LogP contribution >= 0.6 is 11.8 Å². The van der Waals surface area contributed by atoms with Crippen LogP contribution < -0.4 is 4.90 Å². The van der Waals surface area contributed by atoms with E-state index >= 15 is 0 Å². The van der Waals surface area contributed by atoms with E-state index in [0.717, 1.165) is 10.5 Å². The van der Waals surface area contributed by atoms with Crippen LogP contribution in [-0.4, -0.2) is 5.16 Å². The van der Waals surface area contributed by atoms with Gasteiger partial charge in [0.15, 0.2) is 0 Å². The Hall–Kier alpha value is -2.27. The second kappa shape index (κ2) is 5.16. The van der Waals surface area contributed by atoms with Crippen LogP contribution in [0.15, 0.2) is 75.2 Å². The van der Waals surface area contributed by atoms with Crippen molar-refractivity contribution in [3.05, 3.63) is 65.9 Å². The highest BCUT2D eigenvalue weighted by Gasteiger charge is 2.21. The minimum atomic E-state index is 0.442. The van der Waals surface area contributed by atoms with E-state index in [1.807, 2.05) is 60.7 Å². The average Bonchev–Trinajstić information content (AvgIpc) is 2.82. The number of hydrogen-bond acceptors (Lipinski definition) is 4. The van der Waals surface area contributed by atoms with Gasteiger partial charge in [-0.25, -0.2) is 0 Å². The van der Waals surface area contributed by atoms with Crippen LogP contribution in [0.4, 0.5) is 0 Å². The van der Waals surface area contributed by atoms with Crippen molar-refractivity contribution in [3.8, 4) is 11.3 Å². The molecule has 0 radical (unpaired) electrons. The largest absolute Gasteiger partial charge is 0.359 e. The number of nitrogens with zero attached hydrogens (tertiary/aromatic N) is 2. The van der Waals surface area contributed by atoms with Crippen molar-refractivity contribution in [3.63, 3.8) is 0 Å². The third kappa shape index (κ3) is 2.46. The first kappa shape index (κ1) is 11.8. The Morgan fingerprint density at radius 2 is 1.58 bits per heavy atom. The van der Waals surface area contributed by atoms with Crippen molar-refractivity contribution in [2.24, 2.45) is 0 Å². The molecule has 1 heterocycles. The standard InChI is InChI=1S/C14H10N2O2S/c17-16-14(19-12-9-5-2-6-10-12)13(15-18-16)11-7-3-1-4-8-11/h1-10H. The van der Waals surface area contributed by atoms with E-state index in [1.54, 1.807) is 0 Å². The molecule has 0 saturated heterocycles. The van der Waals surface area contributed by atoms with E-state index in [0.29, 0.717) is 15.6 Å². The molecule has 94 valence electrons. The zero-order valence-electron chi connectivity index (χ0n) is 9.89. The topological polar surface area (TPSA) is 53.0 Å². The highest BCUT2D eigenvalue weighted by atomic mass is 32.2. The van der Waals surface area contributed by atoms with Crippen molar-refractivity contribution < 1.29 is 9.53 Å². The summed E-state index contributed by atoms with van der Waals surface area (Å²) in [5, 5.41) is 16.0. The Bertz CT molecular complexity index is 668. The minimum absolute atomic E-state index is 0.442. The zero-order valence-corrected chi connectivity index (χ0v) is 10.7. The van der Waals surface area contributed by atoms with Crippen LogP contribution in [-0.2, 0) is 0 Å². The molecule has 0 N–H and O–H groups in total. The first-order valence-corrected chi connectivity index (χ1v) is 6.54. The summed E-state index contributed by atoms with van der Waals surface area (Å²) in [4.78, 5) is 1.41. The Labute approximate surface area is 114 Å². The average molecular weight is 270 g/mol. The zero-order chi connectivity index (χ0) is 13.1. The van der Waals surface area contributed by atoms with Crippen LogP contribution in [0.2, 0.25) is 0 Å². The van der Waals surface area contributed by atoms with Crippen molar-refractivity contribution in [2.75, 3.05) is 0 Å². The third-order valence-corrected chi connectivity index (χ3v) is 3.62. The van der Waals surface area contributed by atoms with Gasteiger partial charge in [0, 0.05) is 15.6 Å². The second-order valence-corrected chi connectivity index (χ2v) is 4.93. The summed E-state index contributed by atoms with van der Waals surface area (Å²) in [5.41, 5.74) is 1.42. The summed E-state index contributed by atoms with van der Waals surface area (Å²) in [6, 6.07) is 19.2. The van der Waals surface area contributed by atoms with Crippen LogP contribution in [0.3, 0.4) is 0 Å². The summed E-state index contributed by atoms with van der Waals surface area (Å²) in [7, 11) is 0. The van der Waals surface area contributed by atoms with Gasteiger partial charge in [0.1, 0.15) is 0 Å². The van der Waals surface area contributed by atoms with Gasteiger partial charge in [-0.15, -0.1) is 0 Å². The van der Waals surface area contributed by atoms with Gasteiger partial charge in [0.25, 0.3) is 10.7 Å². The molecule has 0 amide bonds. The fraction of sp³-hybridized carbons (Fsp3) is 0. The molecule has 0 aliphatic heterocycles. The maximum atomic E-state index is 11.7. The lowest BCUT2D eigenvalue weighted by atomic mass is 10.2. The highest BCUT2D eigenvalue weighted by molar-refractivity contribution is 7.99. The second-order valence-electron chi connectivity index (χ2n) is 3.86. The van der Waals surface area contributed by atoms with Gasteiger partial charge in [-0.3, -0.25) is 4.63 Å². The normalized spacial score (nSPS) is 10.5. The molecular formula is C14H10N2O2S. The SMILES string of the molecule is [O-][n+]1onc(-c2ccccc2)c1Sc1ccccc1. The molecule has 1 aromatic heterocycles. The van der Waals surface area contributed by atoms with Gasteiger partial charge in [0.2, 0.25) is 0 Å². The van der Waals surface area contributed by atoms with Crippen LogP contribution in [0.5, 0.6) is 0 Å². The fourth-order valence-electron chi connectivity index (χ4n) is 1.70. The van der Waals surface area contributed by atoms with Gasteiger partial charge in [-0.2, -0.15) is 0 Å². The fourth-order valence-corrected chi connectivity index (χ4v) is 2.57. The molecule has 5 heteroatoms. The summed E-state index contributed by atoms with van der Waals surface area (Å²) in [6.45, 7) is 0. The van der Waals surface area contributed by atoms with Gasteiger partial charge in [0.05, 0.1) is 0 Å². The summed E-state index contributed by atoms with van der Waals surface area (Å²) in [5.74, 6) is 0. The molecule has 0 aliphatic carbocycles. The van der Waals surface area contributed by atoms with Gasteiger partial charge in [-0.1, -0.05) is 48.5 Å². The van der Waals surface area contributed by atoms with Crippen molar-refractivity contribution in [1.82, 2.24) is 5.16 Å². The molecule has 0 spiro atoms. The lowest BCUT2D eigenvalue weighted by Crippen LogP contribution is -2.24. The molecule has 0 saturated carbocycles. The Balaban J connectivity index is 2.00. The molecule has 0 unspecified atom stereocenters. The van der Waals surface area contributed by atoms with Gasteiger partial charge < -0.3 is 5.21 Å². The number of aromatic nitrogens is 2. The third-order valence-electron chi connectivity index (χ3n) is 2.58. The van der Waals surface area contributed by atoms with E-state index in [-0.39, 0.29) is 0 Å². The monoisotopic (exact) mass is 270 g/mol. The molecule has 3 rings (SSSR count). The minimum Gasteiger partial charge on any atom is -0.359 e. The lowest BCUT2D eigenvalue weighted by Gasteiger charge is -1.98. The van der Waals surface area contributed by atoms with E-state index in [9.17, 15) is 5.21 Å². The Morgan fingerprint density at radius 3 is 2.26 bits per heavy atom. The first-order valence-electron chi connectivity index (χ1n) is 5.72. The molecule has 0 bridgehead atoms. The quantitative estimate of drug-likeness (QED) is 0.686. The molecule has 3 aromatic rings. The van der Waals surface area contributed by atoms with Gasteiger partial charge >= 0.3 is 0 Å². The van der Waals surface area contributed by atoms with Crippen molar-refractivity contribution in [1.29, 1.82) is 0 Å². The molecular weight excluding hydrogens is 260 g/mol. The van der Waals surface area contributed by atoms with E-state index in [4.69, 9.17) is 4.63 Å². The predicted octanol–water partition coefficient (Wildman–Crippen LogP) is 3.13. The highest BCUT2D eigenvalue weighted by Crippen LogP contribution is 2.32. The van der Waals surface area contributed by atoms with Crippen LogP contribution in [0.1, 0.15) is 0 Å². The summed E-state index contributed by atoms with van der Waals surface area (Å²) < 4.78 is 4.71. The Morgan fingerprint density at radius 1 is 0.947 bits per heavy atom. The number of benzene rings is 2. The molecule has 19 heavy (non-hydrogen) atoms. The van der Waals surface area contributed by atoms with Crippen LogP contribution in [0, 0.1) is 5.21 Å². The predicted molar refractivity (Wildman–Crippen MR) is 71.5 cm³/mol. The van der Waals surface area contributed by atoms with E-state index in [1.165, 1.54) is 11.8 Å². The number of rotatable bonds is 3. The summed E-state index contributed by atoms with van der Waals surface area (Å²) >= 11 is 1.34. The maximum absolute atomic E-state index is 11.7. The van der Waals surface area contributed by atoms with E-state index in [2.05, 4.69) is 5.16 Å². The Kier molecular flexibility index (Phi) is 3.20.